The van der Waals surface area contributed by atoms with Gasteiger partial charge in [0, 0.05) is 0 Å². The van der Waals surface area contributed by atoms with E-state index in [0.29, 0.717) is 0 Å². The van der Waals surface area contributed by atoms with Gasteiger partial charge in [-0.3, -0.25) is 0 Å². The fourth-order valence-corrected chi connectivity index (χ4v) is 1.06. The van der Waals surface area contributed by atoms with E-state index in [1.807, 2.05) is 0 Å². The van der Waals surface area contributed by atoms with Gasteiger partial charge in [-0.15, -0.1) is 0 Å². The normalized spacial score (nSPS) is 10.5. The van der Waals surface area contributed by atoms with Crippen LogP contribution in [0.1, 0.15) is 38.5 Å². The quantitative estimate of drug-likeness (QED) is 0.329. The standard InChI is InChI=1S/C6H12.3CHNO.H4Si/c1-2-4-6-5-3-1;3*2-1-3;/h1-6H2;3*2H;1H4. The average molecular weight is 245 g/mol. The van der Waals surface area contributed by atoms with Crippen LogP contribution in [0, 0.1) is 16.2 Å². The van der Waals surface area contributed by atoms with Crippen LogP contribution in [-0.2, 0) is 14.4 Å². The monoisotopic (exact) mass is 245 g/mol. The molecule has 0 heterocycles. The highest BCUT2D eigenvalue weighted by Gasteiger charge is 1.95. The van der Waals surface area contributed by atoms with E-state index in [1.165, 1.54) is 38.5 Å². The zero-order valence-corrected chi connectivity index (χ0v) is 8.47. The Hall–Kier alpha value is -1.64. The Morgan fingerprint density at radius 3 is 0.688 bits per heavy atom. The van der Waals surface area contributed by atoms with Gasteiger partial charge in [-0.05, 0) is 11.0 Å². The first-order valence-corrected chi connectivity index (χ1v) is 4.36. The van der Waals surface area contributed by atoms with Crippen molar-refractivity contribution in [3.63, 3.8) is 0 Å². The average Bonchev–Trinajstić information content (AvgIpc) is 2.24. The smallest absolute Gasteiger partial charge is 0.222 e. The van der Waals surface area contributed by atoms with E-state index in [-0.39, 0.29) is 11.0 Å². The molecule has 3 N–H and O–H groups in total. The Kier molecular flexibility index (Phi) is 56.2. The Balaban J connectivity index is -0.0000000637. The van der Waals surface area contributed by atoms with Gasteiger partial charge in [-0.1, -0.05) is 38.5 Å². The number of nitrogens with one attached hydrogen (secondary N) is 3. The maximum Gasteiger partial charge on any atom is 0.231 e. The Morgan fingerprint density at radius 1 is 0.562 bits per heavy atom. The molecule has 16 heavy (non-hydrogen) atoms. The summed E-state index contributed by atoms with van der Waals surface area (Å²) in [6.07, 6.45) is 11.2. The van der Waals surface area contributed by atoms with Crippen LogP contribution < -0.4 is 0 Å². The molecule has 0 aliphatic heterocycles. The molecule has 7 heteroatoms. The minimum absolute atomic E-state index is 0. The van der Waals surface area contributed by atoms with Gasteiger partial charge in [-0.2, -0.15) is 0 Å². The van der Waals surface area contributed by atoms with Gasteiger partial charge in [-0.25, -0.2) is 30.6 Å². The lowest BCUT2D eigenvalue weighted by Crippen LogP contribution is -1.85. The third-order valence-corrected chi connectivity index (χ3v) is 1.50. The van der Waals surface area contributed by atoms with Gasteiger partial charge in [0.25, 0.3) is 0 Å². The molecular formula is C9H19N3O3Si. The number of hydrogen-bond acceptors (Lipinski definition) is 6. The van der Waals surface area contributed by atoms with Gasteiger partial charge in [0.15, 0.2) is 0 Å². The van der Waals surface area contributed by atoms with Crippen LogP contribution in [0.4, 0.5) is 0 Å². The predicted octanol–water partition coefficient (Wildman–Crippen LogP) is 0.592. The topological polar surface area (TPSA) is 123 Å². The summed E-state index contributed by atoms with van der Waals surface area (Å²) in [6.45, 7) is 0. The molecule has 1 rings (SSSR count). The molecule has 0 amide bonds. The zero-order chi connectivity index (χ0) is 12.4. The fourth-order valence-electron chi connectivity index (χ4n) is 1.06. The maximum atomic E-state index is 8.35. The van der Waals surface area contributed by atoms with Crippen molar-refractivity contribution in [3.05, 3.63) is 0 Å². The molecule has 1 fully saturated rings. The minimum Gasteiger partial charge on any atom is -0.222 e. The third-order valence-electron chi connectivity index (χ3n) is 1.50. The van der Waals surface area contributed by atoms with E-state index in [2.05, 4.69) is 0 Å². The van der Waals surface area contributed by atoms with Crippen molar-refractivity contribution in [2.24, 2.45) is 0 Å². The second kappa shape index (κ2) is 37.7. The SMILES string of the molecule is C1CCCCC1.N=C=O.N=C=O.N=C=O.[SiH4]. The van der Waals surface area contributed by atoms with Gasteiger partial charge in [0.2, 0.25) is 18.2 Å². The van der Waals surface area contributed by atoms with Crippen LogP contribution in [0.15, 0.2) is 0 Å². The lowest BCUT2D eigenvalue weighted by Gasteiger charge is -2.05. The van der Waals surface area contributed by atoms with E-state index in [1.54, 1.807) is 0 Å². The van der Waals surface area contributed by atoms with Crippen molar-refractivity contribution in [1.82, 2.24) is 0 Å². The molecule has 0 spiro atoms. The van der Waals surface area contributed by atoms with Gasteiger partial charge < -0.3 is 0 Å². The first-order valence-electron chi connectivity index (χ1n) is 4.36. The molecule has 0 aromatic carbocycles. The summed E-state index contributed by atoms with van der Waals surface area (Å²) >= 11 is 0. The molecule has 0 saturated heterocycles. The third kappa shape index (κ3) is 84.0. The molecule has 0 atom stereocenters. The fraction of sp³-hybridized carbons (Fsp3) is 0.667. The van der Waals surface area contributed by atoms with Crippen LogP contribution in [0.2, 0.25) is 0 Å². The van der Waals surface area contributed by atoms with Crippen LogP contribution in [0.3, 0.4) is 0 Å². The number of rotatable bonds is 0. The van der Waals surface area contributed by atoms with Crippen molar-refractivity contribution in [1.29, 1.82) is 16.2 Å². The van der Waals surface area contributed by atoms with Gasteiger partial charge in [0.1, 0.15) is 0 Å². The minimum atomic E-state index is 0. The van der Waals surface area contributed by atoms with Crippen molar-refractivity contribution in [3.8, 4) is 0 Å². The lowest BCUT2D eigenvalue weighted by molar-refractivity contribution is 0.504. The highest BCUT2D eigenvalue weighted by molar-refractivity contribution is 5.75. The van der Waals surface area contributed by atoms with Crippen LogP contribution in [-0.4, -0.2) is 29.2 Å². The van der Waals surface area contributed by atoms with Crippen molar-refractivity contribution < 1.29 is 14.4 Å². The summed E-state index contributed by atoms with van der Waals surface area (Å²) < 4.78 is 0. The molecule has 0 aromatic heterocycles. The summed E-state index contributed by atoms with van der Waals surface area (Å²) in [5.74, 6) is 0. The number of hydrogen-bond donors (Lipinski definition) is 3. The largest absolute Gasteiger partial charge is 0.231 e. The predicted molar refractivity (Wildman–Crippen MR) is 64.3 cm³/mol. The summed E-state index contributed by atoms with van der Waals surface area (Å²) in [4.78, 5) is 25.0. The van der Waals surface area contributed by atoms with E-state index in [9.17, 15) is 0 Å². The highest BCUT2D eigenvalue weighted by Crippen LogP contribution is 2.15. The first kappa shape index (κ1) is 23.9. The summed E-state index contributed by atoms with van der Waals surface area (Å²) in [6, 6.07) is 0. The van der Waals surface area contributed by atoms with Crippen LogP contribution >= 0.6 is 0 Å². The molecule has 0 aromatic rings. The van der Waals surface area contributed by atoms with Crippen molar-refractivity contribution >= 4 is 29.2 Å². The molecule has 92 valence electrons. The molecule has 6 nitrogen and oxygen atoms in total. The van der Waals surface area contributed by atoms with Crippen LogP contribution in [0.5, 0.6) is 0 Å². The molecule has 1 saturated carbocycles. The second-order valence-electron chi connectivity index (χ2n) is 2.43. The molecule has 0 bridgehead atoms. The molecular weight excluding hydrogens is 226 g/mol. The Bertz CT molecular complexity index is 172. The van der Waals surface area contributed by atoms with Crippen molar-refractivity contribution in [2.75, 3.05) is 0 Å². The van der Waals surface area contributed by atoms with E-state index < -0.39 is 0 Å². The lowest BCUT2D eigenvalue weighted by atomic mass is 10.0. The summed E-state index contributed by atoms with van der Waals surface area (Å²) in [7, 11) is 0. The van der Waals surface area contributed by atoms with E-state index >= 15 is 0 Å². The molecule has 0 unspecified atom stereocenters. The van der Waals surface area contributed by atoms with E-state index in [4.69, 9.17) is 30.6 Å². The van der Waals surface area contributed by atoms with Crippen LogP contribution in [0.25, 0.3) is 0 Å². The van der Waals surface area contributed by atoms with Crippen molar-refractivity contribution in [2.45, 2.75) is 38.5 Å². The summed E-state index contributed by atoms with van der Waals surface area (Å²) in [5.41, 5.74) is 0. The molecule has 0 radical (unpaired) electrons. The second-order valence-corrected chi connectivity index (χ2v) is 2.43. The van der Waals surface area contributed by atoms with Gasteiger partial charge >= 0.3 is 0 Å². The molecule has 1 aliphatic rings. The summed E-state index contributed by atoms with van der Waals surface area (Å²) in [5, 5.41) is 16.2. The van der Waals surface area contributed by atoms with E-state index in [0.717, 1.165) is 18.2 Å². The maximum absolute atomic E-state index is 8.35. The number of isocyanates is 3. The highest BCUT2D eigenvalue weighted by atomic mass is 28.1. The Labute approximate surface area is 99.0 Å². The first-order chi connectivity index (χ1) is 7.24. The molecule has 1 aliphatic carbocycles. The Morgan fingerprint density at radius 2 is 0.625 bits per heavy atom. The zero-order valence-electron chi connectivity index (χ0n) is 8.47. The van der Waals surface area contributed by atoms with Gasteiger partial charge in [0.05, 0.1) is 0 Å². The number of carbonyl (C=O) groups excluding carboxylic acids is 3.